The van der Waals surface area contributed by atoms with E-state index >= 15 is 0 Å². The quantitative estimate of drug-likeness (QED) is 0.885. The Balaban J connectivity index is 1.76. The van der Waals surface area contributed by atoms with Crippen LogP contribution in [0, 0.1) is 0 Å². The van der Waals surface area contributed by atoms with E-state index in [9.17, 15) is 13.2 Å². The number of carbonyl (C=O) groups is 1. The van der Waals surface area contributed by atoms with Crippen molar-refractivity contribution in [3.8, 4) is 0 Å². The molecule has 3 rings (SSSR count). The molecule has 2 aliphatic rings. The van der Waals surface area contributed by atoms with Crippen molar-refractivity contribution in [1.82, 2.24) is 14.5 Å². The van der Waals surface area contributed by atoms with Crippen LogP contribution in [0.25, 0.3) is 0 Å². The van der Waals surface area contributed by atoms with Gasteiger partial charge in [0.15, 0.2) is 0 Å². The number of nitrogens with one attached hydrogen (secondary N) is 1. The van der Waals surface area contributed by atoms with Crippen molar-refractivity contribution in [2.45, 2.75) is 43.5 Å². The molecule has 0 spiro atoms. The number of piperazine rings is 1. The third kappa shape index (κ3) is 4.04. The van der Waals surface area contributed by atoms with E-state index in [-0.39, 0.29) is 16.8 Å². The lowest BCUT2D eigenvalue weighted by molar-refractivity contribution is 0.0655. The molecular weight excluding hydrogens is 338 g/mol. The van der Waals surface area contributed by atoms with Crippen LogP contribution in [-0.4, -0.2) is 62.3 Å². The van der Waals surface area contributed by atoms with Gasteiger partial charge in [-0.05, 0) is 44.0 Å². The maximum atomic E-state index is 12.8. The molecule has 0 saturated carbocycles. The van der Waals surface area contributed by atoms with Crippen LogP contribution >= 0.6 is 0 Å². The summed E-state index contributed by atoms with van der Waals surface area (Å²) in [6.07, 6.45) is 4.00. The number of carbonyl (C=O) groups excluding carboxylic acids is 1. The summed E-state index contributed by atoms with van der Waals surface area (Å²) in [6, 6.07) is 6.56. The molecule has 0 aromatic heterocycles. The molecule has 25 heavy (non-hydrogen) atoms. The summed E-state index contributed by atoms with van der Waals surface area (Å²) < 4.78 is 27.2. The summed E-state index contributed by atoms with van der Waals surface area (Å²) in [7, 11) is -3.47. The Labute approximate surface area is 150 Å². The lowest BCUT2D eigenvalue weighted by Gasteiger charge is -2.34. The van der Waals surface area contributed by atoms with Crippen molar-refractivity contribution in [2.24, 2.45) is 0 Å². The van der Waals surface area contributed by atoms with Gasteiger partial charge in [0.2, 0.25) is 10.0 Å². The molecule has 0 unspecified atom stereocenters. The number of sulfonamides is 1. The minimum Gasteiger partial charge on any atom is -0.333 e. The van der Waals surface area contributed by atoms with E-state index in [2.05, 4.69) is 5.32 Å². The van der Waals surface area contributed by atoms with Crippen LogP contribution in [0.4, 0.5) is 0 Å². The van der Waals surface area contributed by atoms with Crippen molar-refractivity contribution < 1.29 is 13.2 Å². The summed E-state index contributed by atoms with van der Waals surface area (Å²) in [6.45, 7) is 5.43. The molecule has 138 valence electrons. The monoisotopic (exact) mass is 365 g/mol. The molecule has 1 aromatic carbocycles. The molecule has 6 nitrogen and oxygen atoms in total. The Morgan fingerprint density at radius 2 is 1.68 bits per heavy atom. The van der Waals surface area contributed by atoms with Crippen molar-refractivity contribution in [2.75, 3.05) is 32.7 Å². The van der Waals surface area contributed by atoms with E-state index in [1.807, 2.05) is 11.8 Å². The van der Waals surface area contributed by atoms with Crippen LogP contribution in [0.3, 0.4) is 0 Å². The minimum atomic E-state index is -3.47. The predicted molar refractivity (Wildman–Crippen MR) is 97.0 cm³/mol. The third-order valence-electron chi connectivity index (χ3n) is 5.07. The molecule has 2 aliphatic heterocycles. The standard InChI is InChI=1S/C18H27N3O3S/c1-15-14-19-10-13-21(15)18(22)16-6-8-17(9-7-16)25(23,24)20-11-4-2-3-5-12-20/h6-9,15,19H,2-5,10-14H2,1H3/t15-/m1/s1. The number of hydrogen-bond acceptors (Lipinski definition) is 4. The first-order valence-electron chi connectivity index (χ1n) is 9.12. The number of benzene rings is 1. The lowest BCUT2D eigenvalue weighted by Crippen LogP contribution is -2.52. The highest BCUT2D eigenvalue weighted by atomic mass is 32.2. The average molecular weight is 365 g/mol. The van der Waals surface area contributed by atoms with Gasteiger partial charge in [-0.15, -0.1) is 0 Å². The van der Waals surface area contributed by atoms with E-state index in [1.54, 1.807) is 28.6 Å². The van der Waals surface area contributed by atoms with Gasteiger partial charge in [-0.1, -0.05) is 12.8 Å². The predicted octanol–water partition coefficient (Wildman–Crippen LogP) is 1.69. The SMILES string of the molecule is C[C@@H]1CNCCN1C(=O)c1ccc(S(=O)(=O)N2CCCCCC2)cc1. The van der Waals surface area contributed by atoms with Gasteiger partial charge in [-0.2, -0.15) is 4.31 Å². The normalized spacial score (nSPS) is 23.2. The Hall–Kier alpha value is -1.44. The smallest absolute Gasteiger partial charge is 0.254 e. The first-order valence-corrected chi connectivity index (χ1v) is 10.6. The van der Waals surface area contributed by atoms with E-state index in [1.165, 1.54) is 0 Å². The highest BCUT2D eigenvalue weighted by Crippen LogP contribution is 2.21. The van der Waals surface area contributed by atoms with Gasteiger partial charge in [-0.3, -0.25) is 4.79 Å². The van der Waals surface area contributed by atoms with Gasteiger partial charge in [-0.25, -0.2) is 8.42 Å². The molecule has 2 saturated heterocycles. The van der Waals surface area contributed by atoms with Gasteiger partial charge >= 0.3 is 0 Å². The summed E-state index contributed by atoms with van der Waals surface area (Å²) in [5, 5.41) is 3.26. The van der Waals surface area contributed by atoms with Crippen LogP contribution in [0.1, 0.15) is 43.0 Å². The van der Waals surface area contributed by atoms with E-state index < -0.39 is 10.0 Å². The van der Waals surface area contributed by atoms with E-state index in [4.69, 9.17) is 0 Å². The third-order valence-corrected chi connectivity index (χ3v) is 6.98. The van der Waals surface area contributed by atoms with Gasteiger partial charge in [0.05, 0.1) is 4.90 Å². The molecule has 0 bridgehead atoms. The first kappa shape index (κ1) is 18.4. The van der Waals surface area contributed by atoms with Crippen molar-refractivity contribution in [3.63, 3.8) is 0 Å². The zero-order valence-corrected chi connectivity index (χ0v) is 15.6. The maximum Gasteiger partial charge on any atom is 0.254 e. The summed E-state index contributed by atoms with van der Waals surface area (Å²) in [4.78, 5) is 14.8. The molecule has 1 atom stereocenters. The van der Waals surface area contributed by atoms with Gasteiger partial charge in [0.1, 0.15) is 0 Å². The largest absolute Gasteiger partial charge is 0.333 e. The fraction of sp³-hybridized carbons (Fsp3) is 0.611. The molecule has 2 heterocycles. The van der Waals surface area contributed by atoms with Gasteiger partial charge in [0, 0.05) is 44.3 Å². The molecule has 7 heteroatoms. The molecule has 0 aliphatic carbocycles. The second kappa shape index (κ2) is 7.85. The summed E-state index contributed by atoms with van der Waals surface area (Å²) in [5.41, 5.74) is 0.545. The second-order valence-corrected chi connectivity index (χ2v) is 8.83. The van der Waals surface area contributed by atoms with Crippen molar-refractivity contribution in [3.05, 3.63) is 29.8 Å². The summed E-state index contributed by atoms with van der Waals surface area (Å²) >= 11 is 0. The molecular formula is C18H27N3O3S. The molecule has 1 N–H and O–H groups in total. The number of hydrogen-bond donors (Lipinski definition) is 1. The minimum absolute atomic E-state index is 0.0345. The fourth-order valence-electron chi connectivity index (χ4n) is 3.51. The topological polar surface area (TPSA) is 69.7 Å². The van der Waals surface area contributed by atoms with Crippen LogP contribution in [0.15, 0.2) is 29.2 Å². The summed E-state index contributed by atoms with van der Waals surface area (Å²) in [5.74, 6) is -0.0345. The Kier molecular flexibility index (Phi) is 5.76. The van der Waals surface area contributed by atoms with Crippen molar-refractivity contribution >= 4 is 15.9 Å². The zero-order chi connectivity index (χ0) is 17.9. The number of amides is 1. The average Bonchev–Trinajstić information content (AvgIpc) is 2.92. The Morgan fingerprint density at radius 1 is 1.04 bits per heavy atom. The van der Waals surface area contributed by atoms with Gasteiger partial charge in [0.25, 0.3) is 5.91 Å². The molecule has 0 radical (unpaired) electrons. The molecule has 1 amide bonds. The zero-order valence-electron chi connectivity index (χ0n) is 14.8. The van der Waals surface area contributed by atoms with E-state index in [0.29, 0.717) is 25.2 Å². The number of nitrogens with zero attached hydrogens (tertiary/aromatic N) is 2. The Morgan fingerprint density at radius 3 is 2.28 bits per heavy atom. The Bertz CT molecular complexity index is 695. The number of rotatable bonds is 3. The molecule has 2 fully saturated rings. The molecule has 1 aromatic rings. The van der Waals surface area contributed by atoms with Crippen LogP contribution < -0.4 is 5.32 Å². The lowest BCUT2D eigenvalue weighted by atomic mass is 10.1. The van der Waals surface area contributed by atoms with Crippen LogP contribution in [0.5, 0.6) is 0 Å². The van der Waals surface area contributed by atoms with Crippen LogP contribution in [0.2, 0.25) is 0 Å². The van der Waals surface area contributed by atoms with Crippen molar-refractivity contribution in [1.29, 1.82) is 0 Å². The second-order valence-electron chi connectivity index (χ2n) is 6.89. The van der Waals surface area contributed by atoms with Crippen LogP contribution in [-0.2, 0) is 10.0 Å². The van der Waals surface area contributed by atoms with E-state index in [0.717, 1.165) is 38.8 Å². The highest BCUT2D eigenvalue weighted by Gasteiger charge is 2.27. The fourth-order valence-corrected chi connectivity index (χ4v) is 5.03. The maximum absolute atomic E-state index is 12.8. The first-order chi connectivity index (χ1) is 12.0. The highest BCUT2D eigenvalue weighted by molar-refractivity contribution is 7.89. The van der Waals surface area contributed by atoms with Gasteiger partial charge < -0.3 is 10.2 Å².